The second-order valence-electron chi connectivity index (χ2n) is 6.83. The zero-order chi connectivity index (χ0) is 23.0. The number of aliphatic imine (C=N–C) groups is 1. The summed E-state index contributed by atoms with van der Waals surface area (Å²) in [6.45, 7) is 0. The molecule has 1 aromatic heterocycles. The molecular weight excluding hydrogens is 464 g/mol. The van der Waals surface area contributed by atoms with Crippen molar-refractivity contribution in [3.8, 4) is 11.6 Å². The van der Waals surface area contributed by atoms with E-state index in [-0.39, 0.29) is 21.7 Å². The summed E-state index contributed by atoms with van der Waals surface area (Å²) in [4.78, 5) is 17.4. The van der Waals surface area contributed by atoms with E-state index in [1.54, 1.807) is 30.3 Å². The van der Waals surface area contributed by atoms with Crippen molar-refractivity contribution in [3.63, 3.8) is 0 Å². The Morgan fingerprint density at radius 1 is 0.906 bits per heavy atom. The van der Waals surface area contributed by atoms with Crippen LogP contribution in [-0.2, 0) is 6.18 Å². The summed E-state index contributed by atoms with van der Waals surface area (Å²) in [5.41, 5.74) is -1.15. The number of hydrogen-bond acceptors (Lipinski definition) is 3. The molecule has 0 unspecified atom stereocenters. The number of halogens is 5. The first-order valence-electron chi connectivity index (χ1n) is 9.20. The minimum atomic E-state index is -4.61. The van der Waals surface area contributed by atoms with Crippen LogP contribution < -0.4 is 5.56 Å². The van der Waals surface area contributed by atoms with E-state index in [2.05, 4.69) is 4.99 Å². The second kappa shape index (κ2) is 8.33. The van der Waals surface area contributed by atoms with Gasteiger partial charge in [0.1, 0.15) is 0 Å². The van der Waals surface area contributed by atoms with Crippen LogP contribution in [0.1, 0.15) is 11.1 Å². The fourth-order valence-corrected chi connectivity index (χ4v) is 3.55. The maximum atomic E-state index is 13.2. The predicted octanol–water partition coefficient (Wildman–Crippen LogP) is 6.77. The van der Waals surface area contributed by atoms with E-state index in [9.17, 15) is 23.1 Å². The van der Waals surface area contributed by atoms with Crippen LogP contribution in [0.5, 0.6) is 5.88 Å². The Kier molecular flexibility index (Phi) is 5.71. The van der Waals surface area contributed by atoms with E-state index < -0.39 is 23.2 Å². The Morgan fingerprint density at radius 2 is 1.62 bits per heavy atom. The number of pyridine rings is 1. The van der Waals surface area contributed by atoms with Gasteiger partial charge in [-0.05, 0) is 42.5 Å². The molecule has 4 aromatic rings. The molecule has 4 rings (SSSR count). The molecule has 0 fully saturated rings. The first kappa shape index (κ1) is 21.9. The van der Waals surface area contributed by atoms with Crippen LogP contribution in [0.15, 0.2) is 76.5 Å². The van der Waals surface area contributed by atoms with Crippen molar-refractivity contribution in [1.82, 2.24) is 4.57 Å². The Balaban J connectivity index is 1.96. The van der Waals surface area contributed by atoms with Gasteiger partial charge in [0.2, 0.25) is 5.88 Å². The highest BCUT2D eigenvalue weighted by Crippen LogP contribution is 2.32. The summed E-state index contributed by atoms with van der Waals surface area (Å²) >= 11 is 11.9. The molecule has 9 heteroatoms. The van der Waals surface area contributed by atoms with Crippen molar-refractivity contribution in [1.29, 1.82) is 0 Å². The Morgan fingerprint density at radius 3 is 2.31 bits per heavy atom. The van der Waals surface area contributed by atoms with Gasteiger partial charge in [-0.25, -0.2) is 4.57 Å². The van der Waals surface area contributed by atoms with Gasteiger partial charge in [-0.1, -0.05) is 47.5 Å². The number of alkyl halides is 3. The molecule has 1 N–H and O–H groups in total. The molecule has 0 radical (unpaired) electrons. The van der Waals surface area contributed by atoms with E-state index in [4.69, 9.17) is 23.2 Å². The summed E-state index contributed by atoms with van der Waals surface area (Å²) in [6, 6.07) is 15.3. The minimum absolute atomic E-state index is 0.128. The van der Waals surface area contributed by atoms with Gasteiger partial charge in [0.15, 0.2) is 0 Å². The first-order valence-corrected chi connectivity index (χ1v) is 9.96. The number of benzene rings is 3. The predicted molar refractivity (Wildman–Crippen MR) is 120 cm³/mol. The number of hydrogen-bond donors (Lipinski definition) is 1. The highest BCUT2D eigenvalue weighted by atomic mass is 35.5. The molecule has 0 saturated heterocycles. The van der Waals surface area contributed by atoms with Crippen LogP contribution >= 0.6 is 23.2 Å². The van der Waals surface area contributed by atoms with E-state index >= 15 is 0 Å². The molecule has 0 atom stereocenters. The molecule has 0 amide bonds. The first-order chi connectivity index (χ1) is 15.2. The van der Waals surface area contributed by atoms with Gasteiger partial charge in [0.25, 0.3) is 5.56 Å². The summed E-state index contributed by atoms with van der Waals surface area (Å²) in [5.74, 6) is -0.545. The van der Waals surface area contributed by atoms with Crippen LogP contribution in [0.25, 0.3) is 16.5 Å². The largest absolute Gasteiger partial charge is 0.494 e. The lowest BCUT2D eigenvalue weighted by atomic mass is 10.1. The molecule has 1 heterocycles. The van der Waals surface area contributed by atoms with Crippen molar-refractivity contribution in [3.05, 3.63) is 98.3 Å². The topological polar surface area (TPSA) is 54.6 Å². The lowest BCUT2D eigenvalue weighted by Crippen LogP contribution is -2.20. The van der Waals surface area contributed by atoms with Gasteiger partial charge in [-0.15, -0.1) is 0 Å². The van der Waals surface area contributed by atoms with Gasteiger partial charge in [0.05, 0.1) is 32.5 Å². The third kappa shape index (κ3) is 4.09. The normalized spacial score (nSPS) is 12.0. The number of nitrogens with zero attached hydrogens (tertiary/aromatic N) is 2. The summed E-state index contributed by atoms with van der Waals surface area (Å²) in [5, 5.41) is 12.2. The number of fused-ring (bicyclic) bond motifs is 1. The molecule has 0 aliphatic carbocycles. The number of aromatic nitrogens is 1. The Hall–Kier alpha value is -3.29. The minimum Gasteiger partial charge on any atom is -0.494 e. The fraction of sp³-hybridized carbons (Fsp3) is 0.0435. The number of rotatable bonds is 3. The molecule has 3 aromatic carbocycles. The standard InChI is InChI=1S/C23H13Cl2F3N2O2/c24-19-9-8-14(11-20(19)25)29-12-18-16-6-1-2-7-17(16)21(31)30(22(18)32)15-5-3-4-13(10-15)23(26,27)28/h1-12,32H. The van der Waals surface area contributed by atoms with E-state index in [0.29, 0.717) is 16.1 Å². The smallest absolute Gasteiger partial charge is 0.416 e. The highest BCUT2D eigenvalue weighted by molar-refractivity contribution is 6.42. The fourth-order valence-electron chi connectivity index (χ4n) is 3.25. The SMILES string of the molecule is O=c1c2ccccc2c(C=Nc2ccc(Cl)c(Cl)c2)c(O)n1-c1cccc(C(F)(F)F)c1. The molecule has 0 aliphatic heterocycles. The van der Waals surface area contributed by atoms with Crippen LogP contribution in [0, 0.1) is 0 Å². The van der Waals surface area contributed by atoms with Gasteiger partial charge in [-0.3, -0.25) is 9.79 Å². The van der Waals surface area contributed by atoms with E-state index in [1.165, 1.54) is 30.5 Å². The molecule has 0 bridgehead atoms. The second-order valence-corrected chi connectivity index (χ2v) is 7.64. The van der Waals surface area contributed by atoms with E-state index in [0.717, 1.165) is 16.7 Å². The highest BCUT2D eigenvalue weighted by Gasteiger charge is 2.31. The maximum absolute atomic E-state index is 13.2. The monoisotopic (exact) mass is 476 g/mol. The molecule has 0 spiro atoms. The Labute approximate surface area is 189 Å². The number of aromatic hydroxyl groups is 1. The molecular formula is C23H13Cl2F3N2O2. The average Bonchev–Trinajstić information content (AvgIpc) is 2.76. The van der Waals surface area contributed by atoms with Crippen LogP contribution in [-0.4, -0.2) is 15.9 Å². The molecule has 162 valence electrons. The summed E-state index contributed by atoms with van der Waals surface area (Å²) < 4.78 is 40.4. The molecule has 4 nitrogen and oxygen atoms in total. The molecule has 0 aliphatic rings. The van der Waals surface area contributed by atoms with Gasteiger partial charge in [0, 0.05) is 17.0 Å². The van der Waals surface area contributed by atoms with Crippen molar-refractivity contribution >= 4 is 45.9 Å². The maximum Gasteiger partial charge on any atom is 0.416 e. The van der Waals surface area contributed by atoms with Crippen molar-refractivity contribution in [2.45, 2.75) is 6.18 Å². The van der Waals surface area contributed by atoms with Crippen LogP contribution in [0.2, 0.25) is 10.0 Å². The lowest BCUT2D eigenvalue weighted by molar-refractivity contribution is -0.137. The van der Waals surface area contributed by atoms with Crippen molar-refractivity contribution in [2.75, 3.05) is 0 Å². The van der Waals surface area contributed by atoms with Crippen molar-refractivity contribution in [2.24, 2.45) is 4.99 Å². The van der Waals surface area contributed by atoms with Crippen LogP contribution in [0.3, 0.4) is 0 Å². The quantitative estimate of drug-likeness (QED) is 0.331. The summed E-state index contributed by atoms with van der Waals surface area (Å²) in [6.07, 6.45) is -3.29. The van der Waals surface area contributed by atoms with Gasteiger partial charge < -0.3 is 5.11 Å². The van der Waals surface area contributed by atoms with Gasteiger partial charge in [-0.2, -0.15) is 13.2 Å². The third-order valence-electron chi connectivity index (χ3n) is 4.78. The van der Waals surface area contributed by atoms with Crippen LogP contribution in [0.4, 0.5) is 18.9 Å². The Bertz CT molecular complexity index is 1430. The summed E-state index contributed by atoms with van der Waals surface area (Å²) in [7, 11) is 0. The third-order valence-corrected chi connectivity index (χ3v) is 5.52. The molecule has 32 heavy (non-hydrogen) atoms. The zero-order valence-corrected chi connectivity index (χ0v) is 17.6. The molecule has 0 saturated carbocycles. The van der Waals surface area contributed by atoms with Crippen molar-refractivity contribution < 1.29 is 18.3 Å². The van der Waals surface area contributed by atoms with E-state index in [1.807, 2.05) is 0 Å². The lowest BCUT2D eigenvalue weighted by Gasteiger charge is -2.15. The van der Waals surface area contributed by atoms with Gasteiger partial charge >= 0.3 is 6.18 Å². The average molecular weight is 477 g/mol. The zero-order valence-electron chi connectivity index (χ0n) is 16.1.